The van der Waals surface area contributed by atoms with E-state index in [0.29, 0.717) is 0 Å². The van der Waals surface area contributed by atoms with E-state index in [0.717, 1.165) is 25.8 Å². The maximum absolute atomic E-state index is 11.3. The molecule has 0 aromatic carbocycles. The molecule has 0 aliphatic carbocycles. The summed E-state index contributed by atoms with van der Waals surface area (Å²) in [6.07, 6.45) is 2.75. The van der Waals surface area contributed by atoms with Gasteiger partial charge in [-0.15, -0.1) is 0 Å². The van der Waals surface area contributed by atoms with Gasteiger partial charge in [0.05, 0.1) is 0 Å². The third-order valence-electron chi connectivity index (χ3n) is 1.86. The van der Waals surface area contributed by atoms with Gasteiger partial charge in [0, 0.05) is 34.3 Å². The predicted octanol–water partition coefficient (Wildman–Crippen LogP) is 0.762. The Hall–Kier alpha value is -0.770. The van der Waals surface area contributed by atoms with Crippen molar-refractivity contribution in [2.45, 2.75) is 19.3 Å². The number of carbonyl (C=O) groups is 1. The lowest BCUT2D eigenvalue weighted by molar-refractivity contribution is 0.180. The predicted molar refractivity (Wildman–Crippen MR) is 52.6 cm³/mol. The minimum absolute atomic E-state index is 0.0315. The number of nitrogens with zero attached hydrogens (tertiary/aromatic N) is 2. The molecule has 0 saturated heterocycles. The SMILES string of the molecule is CN(C)C(=O)N(C)CCCCCO. The maximum atomic E-state index is 11.3. The molecule has 1 N–H and O–H groups in total. The number of urea groups is 1. The fourth-order valence-corrected chi connectivity index (χ4v) is 1.07. The molecule has 0 unspecified atom stereocenters. The summed E-state index contributed by atoms with van der Waals surface area (Å²) in [7, 11) is 5.28. The zero-order chi connectivity index (χ0) is 10.3. The Balaban J connectivity index is 3.50. The van der Waals surface area contributed by atoms with E-state index in [-0.39, 0.29) is 12.6 Å². The minimum atomic E-state index is 0.0315. The number of aliphatic hydroxyl groups excluding tert-OH is 1. The monoisotopic (exact) mass is 188 g/mol. The molecule has 13 heavy (non-hydrogen) atoms. The Morgan fingerprint density at radius 1 is 1.15 bits per heavy atom. The quantitative estimate of drug-likeness (QED) is 0.647. The van der Waals surface area contributed by atoms with Crippen LogP contribution >= 0.6 is 0 Å². The summed E-state index contributed by atoms with van der Waals surface area (Å²) in [5.41, 5.74) is 0. The van der Waals surface area contributed by atoms with E-state index in [2.05, 4.69) is 0 Å². The Morgan fingerprint density at radius 3 is 2.23 bits per heavy atom. The molecule has 4 heteroatoms. The van der Waals surface area contributed by atoms with Crippen molar-refractivity contribution < 1.29 is 9.90 Å². The van der Waals surface area contributed by atoms with Crippen LogP contribution in [0.25, 0.3) is 0 Å². The van der Waals surface area contributed by atoms with E-state index in [1.165, 1.54) is 0 Å². The summed E-state index contributed by atoms with van der Waals surface area (Å²) in [5.74, 6) is 0. The van der Waals surface area contributed by atoms with Crippen molar-refractivity contribution >= 4 is 6.03 Å². The molecule has 2 amide bonds. The summed E-state index contributed by atoms with van der Waals surface area (Å²) in [4.78, 5) is 14.6. The summed E-state index contributed by atoms with van der Waals surface area (Å²) >= 11 is 0. The average Bonchev–Trinajstić information content (AvgIpc) is 2.10. The van der Waals surface area contributed by atoms with Gasteiger partial charge in [0.2, 0.25) is 0 Å². The highest BCUT2D eigenvalue weighted by molar-refractivity contribution is 5.73. The lowest BCUT2D eigenvalue weighted by Crippen LogP contribution is -2.36. The van der Waals surface area contributed by atoms with Crippen LogP contribution in [0, 0.1) is 0 Å². The molecule has 0 saturated carbocycles. The van der Waals surface area contributed by atoms with Gasteiger partial charge in [0.1, 0.15) is 0 Å². The lowest BCUT2D eigenvalue weighted by Gasteiger charge is -2.21. The summed E-state index contributed by atoms with van der Waals surface area (Å²) < 4.78 is 0. The van der Waals surface area contributed by atoms with E-state index in [4.69, 9.17) is 5.11 Å². The fraction of sp³-hybridized carbons (Fsp3) is 0.889. The van der Waals surface area contributed by atoms with Crippen LogP contribution in [0.5, 0.6) is 0 Å². The van der Waals surface area contributed by atoms with E-state index >= 15 is 0 Å². The van der Waals surface area contributed by atoms with Crippen molar-refractivity contribution in [3.63, 3.8) is 0 Å². The Bertz CT molecular complexity index is 149. The van der Waals surface area contributed by atoms with Gasteiger partial charge in [-0.05, 0) is 19.3 Å². The second-order valence-corrected chi connectivity index (χ2v) is 3.38. The first-order chi connectivity index (χ1) is 6.09. The van der Waals surface area contributed by atoms with E-state index in [9.17, 15) is 4.79 Å². The van der Waals surface area contributed by atoms with Crippen LogP contribution in [0.3, 0.4) is 0 Å². The van der Waals surface area contributed by atoms with E-state index in [1.807, 2.05) is 0 Å². The lowest BCUT2D eigenvalue weighted by atomic mass is 10.2. The van der Waals surface area contributed by atoms with Crippen LogP contribution in [0.1, 0.15) is 19.3 Å². The number of unbranched alkanes of at least 4 members (excludes halogenated alkanes) is 2. The standard InChI is InChI=1S/C9H20N2O2/c1-10(2)9(13)11(3)7-5-4-6-8-12/h12H,4-8H2,1-3H3. The van der Waals surface area contributed by atoms with E-state index in [1.54, 1.807) is 30.9 Å². The fourth-order valence-electron chi connectivity index (χ4n) is 1.07. The van der Waals surface area contributed by atoms with Gasteiger partial charge in [0.25, 0.3) is 0 Å². The molecular formula is C9H20N2O2. The van der Waals surface area contributed by atoms with Crippen LogP contribution in [0.2, 0.25) is 0 Å². The van der Waals surface area contributed by atoms with Gasteiger partial charge in [-0.2, -0.15) is 0 Å². The molecule has 0 rings (SSSR count). The van der Waals surface area contributed by atoms with Crippen LogP contribution < -0.4 is 0 Å². The van der Waals surface area contributed by atoms with Crippen LogP contribution in [0.15, 0.2) is 0 Å². The van der Waals surface area contributed by atoms with Gasteiger partial charge < -0.3 is 14.9 Å². The number of rotatable bonds is 5. The molecule has 0 heterocycles. The maximum Gasteiger partial charge on any atom is 0.319 e. The molecule has 0 radical (unpaired) electrons. The van der Waals surface area contributed by atoms with Crippen molar-refractivity contribution in [2.24, 2.45) is 0 Å². The molecule has 0 aliphatic heterocycles. The minimum Gasteiger partial charge on any atom is -0.396 e. The van der Waals surface area contributed by atoms with Gasteiger partial charge in [-0.1, -0.05) is 0 Å². The largest absolute Gasteiger partial charge is 0.396 e. The highest BCUT2D eigenvalue weighted by Gasteiger charge is 2.08. The number of hydrogen-bond donors (Lipinski definition) is 1. The summed E-state index contributed by atoms with van der Waals surface area (Å²) in [6, 6.07) is 0.0315. The molecule has 78 valence electrons. The zero-order valence-corrected chi connectivity index (χ0v) is 8.79. The third kappa shape index (κ3) is 5.47. The van der Waals surface area contributed by atoms with Crippen molar-refractivity contribution in [2.75, 3.05) is 34.3 Å². The van der Waals surface area contributed by atoms with Gasteiger partial charge >= 0.3 is 6.03 Å². The molecule has 0 atom stereocenters. The number of carbonyl (C=O) groups excluding carboxylic acids is 1. The van der Waals surface area contributed by atoms with Gasteiger partial charge in [-0.3, -0.25) is 0 Å². The van der Waals surface area contributed by atoms with Crippen molar-refractivity contribution in [1.29, 1.82) is 0 Å². The molecule has 0 aromatic rings. The topological polar surface area (TPSA) is 43.8 Å². The number of aliphatic hydroxyl groups is 1. The summed E-state index contributed by atoms with van der Waals surface area (Å²) in [5, 5.41) is 8.54. The Kier molecular flexibility index (Phi) is 6.32. The van der Waals surface area contributed by atoms with E-state index < -0.39 is 0 Å². The van der Waals surface area contributed by atoms with Crippen molar-refractivity contribution in [3.8, 4) is 0 Å². The molecule has 0 spiro atoms. The highest BCUT2D eigenvalue weighted by atomic mass is 16.2. The molecule has 4 nitrogen and oxygen atoms in total. The van der Waals surface area contributed by atoms with Gasteiger partial charge in [0.15, 0.2) is 0 Å². The molecule has 0 aliphatic rings. The Morgan fingerprint density at radius 2 is 1.77 bits per heavy atom. The summed E-state index contributed by atoms with van der Waals surface area (Å²) in [6.45, 7) is 1.00. The Labute approximate surface area is 80.1 Å². The third-order valence-corrected chi connectivity index (χ3v) is 1.86. The zero-order valence-electron chi connectivity index (χ0n) is 8.79. The smallest absolute Gasteiger partial charge is 0.319 e. The second-order valence-electron chi connectivity index (χ2n) is 3.38. The second kappa shape index (κ2) is 6.71. The molecule has 0 aromatic heterocycles. The first kappa shape index (κ1) is 12.2. The van der Waals surface area contributed by atoms with Crippen LogP contribution in [0.4, 0.5) is 4.79 Å². The molecule has 0 bridgehead atoms. The van der Waals surface area contributed by atoms with Crippen molar-refractivity contribution in [1.82, 2.24) is 9.80 Å². The first-order valence-corrected chi connectivity index (χ1v) is 4.63. The average molecular weight is 188 g/mol. The molecule has 0 fully saturated rings. The van der Waals surface area contributed by atoms with Gasteiger partial charge in [-0.25, -0.2) is 4.79 Å². The normalized spacial score (nSPS) is 9.85. The number of amides is 2. The van der Waals surface area contributed by atoms with Crippen LogP contribution in [-0.4, -0.2) is 55.2 Å². The highest BCUT2D eigenvalue weighted by Crippen LogP contribution is 1.98. The van der Waals surface area contributed by atoms with Crippen LogP contribution in [-0.2, 0) is 0 Å². The number of hydrogen-bond acceptors (Lipinski definition) is 2. The van der Waals surface area contributed by atoms with Crippen molar-refractivity contribution in [3.05, 3.63) is 0 Å². The molecular weight excluding hydrogens is 168 g/mol. The first-order valence-electron chi connectivity index (χ1n) is 4.63.